The second-order valence-electron chi connectivity index (χ2n) is 6.77. The Kier molecular flexibility index (Phi) is 7.64. The van der Waals surface area contributed by atoms with Gasteiger partial charge in [0.05, 0.1) is 5.56 Å². The Bertz CT molecular complexity index is 1230. The number of nitrogens with one attached hydrogen (secondary N) is 1. The van der Waals surface area contributed by atoms with Gasteiger partial charge >= 0.3 is 6.18 Å². The Balaban J connectivity index is 1.72. The van der Waals surface area contributed by atoms with Crippen molar-refractivity contribution in [2.75, 3.05) is 11.9 Å². The molecule has 33 heavy (non-hydrogen) atoms. The minimum absolute atomic E-state index is 0.153. The van der Waals surface area contributed by atoms with E-state index in [0.29, 0.717) is 21.8 Å². The minimum atomic E-state index is -4.42. The number of nitriles is 1. The number of thiazole rings is 1. The Hall–Kier alpha value is -3.90. The van der Waals surface area contributed by atoms with E-state index in [-0.39, 0.29) is 23.7 Å². The maximum atomic E-state index is 12.9. The lowest BCUT2D eigenvalue weighted by Gasteiger charge is -2.08. The van der Waals surface area contributed by atoms with Gasteiger partial charge in [-0.05, 0) is 23.8 Å². The van der Waals surface area contributed by atoms with Crippen LogP contribution in [0.3, 0.4) is 0 Å². The van der Waals surface area contributed by atoms with Gasteiger partial charge in [0.25, 0.3) is 5.91 Å². The van der Waals surface area contributed by atoms with E-state index >= 15 is 0 Å². The van der Waals surface area contributed by atoms with Crippen LogP contribution >= 0.6 is 11.3 Å². The molecule has 9 heteroatoms. The summed E-state index contributed by atoms with van der Waals surface area (Å²) in [5.74, 6) is -0.161. The Morgan fingerprint density at radius 1 is 1.24 bits per heavy atom. The molecule has 3 aromatic rings. The number of alkyl halides is 3. The normalized spacial score (nSPS) is 11.5. The third kappa shape index (κ3) is 6.54. The van der Waals surface area contributed by atoms with Gasteiger partial charge in [-0.1, -0.05) is 49.1 Å². The molecular formula is C24H18F3N3O2S. The second kappa shape index (κ2) is 10.6. The van der Waals surface area contributed by atoms with Gasteiger partial charge in [-0.3, -0.25) is 10.1 Å². The number of carbonyl (C=O) groups excluding carboxylic acids is 1. The van der Waals surface area contributed by atoms with Crippen molar-refractivity contribution < 1.29 is 22.7 Å². The van der Waals surface area contributed by atoms with Crippen LogP contribution in [0.25, 0.3) is 6.08 Å². The van der Waals surface area contributed by atoms with Crippen molar-refractivity contribution in [2.24, 2.45) is 0 Å². The Labute approximate surface area is 192 Å². The zero-order chi connectivity index (χ0) is 23.8. The summed E-state index contributed by atoms with van der Waals surface area (Å²) >= 11 is 1.12. The average molecular weight is 469 g/mol. The van der Waals surface area contributed by atoms with E-state index in [2.05, 4.69) is 16.9 Å². The summed E-state index contributed by atoms with van der Waals surface area (Å²) < 4.78 is 44.2. The van der Waals surface area contributed by atoms with Crippen molar-refractivity contribution in [1.82, 2.24) is 4.98 Å². The maximum absolute atomic E-state index is 12.9. The van der Waals surface area contributed by atoms with Crippen molar-refractivity contribution in [3.8, 4) is 11.8 Å². The number of hydrogen-bond donors (Lipinski definition) is 1. The molecule has 1 heterocycles. The molecular weight excluding hydrogens is 451 g/mol. The Morgan fingerprint density at radius 2 is 2.03 bits per heavy atom. The van der Waals surface area contributed by atoms with E-state index in [0.717, 1.165) is 23.5 Å². The molecule has 2 aromatic carbocycles. The first kappa shape index (κ1) is 23.8. The predicted octanol–water partition coefficient (Wildman–Crippen LogP) is 5.86. The largest absolute Gasteiger partial charge is 0.489 e. The van der Waals surface area contributed by atoms with Crippen LogP contribution in [-0.2, 0) is 17.4 Å². The van der Waals surface area contributed by atoms with Gasteiger partial charge in [0, 0.05) is 23.1 Å². The monoisotopic (exact) mass is 469 g/mol. The van der Waals surface area contributed by atoms with E-state index in [1.165, 1.54) is 18.3 Å². The SMILES string of the molecule is C=CCOc1ccccc1/C=C(\C#N)C(=O)Nc1ncc(Cc2cccc(C(F)(F)F)c2)s1. The number of carbonyl (C=O) groups is 1. The molecule has 0 atom stereocenters. The van der Waals surface area contributed by atoms with Crippen molar-refractivity contribution in [2.45, 2.75) is 12.6 Å². The van der Waals surface area contributed by atoms with Gasteiger partial charge in [0.2, 0.25) is 0 Å². The summed E-state index contributed by atoms with van der Waals surface area (Å²) in [6.45, 7) is 3.86. The molecule has 3 rings (SSSR count). The van der Waals surface area contributed by atoms with Gasteiger partial charge in [-0.2, -0.15) is 18.4 Å². The van der Waals surface area contributed by atoms with Crippen LogP contribution in [0.4, 0.5) is 18.3 Å². The van der Waals surface area contributed by atoms with Crippen LogP contribution < -0.4 is 10.1 Å². The number of amides is 1. The molecule has 5 nitrogen and oxygen atoms in total. The average Bonchev–Trinajstić information content (AvgIpc) is 3.22. The van der Waals surface area contributed by atoms with Crippen LogP contribution in [0, 0.1) is 11.3 Å². The highest BCUT2D eigenvalue weighted by atomic mass is 32.1. The first-order chi connectivity index (χ1) is 15.8. The zero-order valence-electron chi connectivity index (χ0n) is 17.2. The van der Waals surface area contributed by atoms with Crippen molar-refractivity contribution in [3.63, 3.8) is 0 Å². The summed E-state index contributed by atoms with van der Waals surface area (Å²) in [4.78, 5) is 17.3. The molecule has 0 bridgehead atoms. The first-order valence-electron chi connectivity index (χ1n) is 9.67. The van der Waals surface area contributed by atoms with Crippen molar-refractivity contribution >= 4 is 28.5 Å². The van der Waals surface area contributed by atoms with Crippen LogP contribution in [-0.4, -0.2) is 17.5 Å². The van der Waals surface area contributed by atoms with E-state index in [9.17, 15) is 23.2 Å². The van der Waals surface area contributed by atoms with Gasteiger partial charge < -0.3 is 4.74 Å². The molecule has 0 aliphatic carbocycles. The van der Waals surface area contributed by atoms with Crippen molar-refractivity contribution in [3.05, 3.63) is 94.5 Å². The number of ether oxygens (including phenoxy) is 1. The standard InChI is InChI=1S/C24H18F3N3O2S/c1-2-10-32-21-9-4-3-7-17(21)13-18(14-28)22(31)30-23-29-15-20(33-23)12-16-6-5-8-19(11-16)24(25,26)27/h2-9,11,13,15H,1,10,12H2,(H,29,30,31)/b18-13+. The molecule has 0 spiro atoms. The van der Waals surface area contributed by atoms with Gasteiger partial charge in [0.15, 0.2) is 5.13 Å². The lowest BCUT2D eigenvalue weighted by Crippen LogP contribution is -2.13. The van der Waals surface area contributed by atoms with Crippen LogP contribution in [0.1, 0.15) is 21.6 Å². The highest BCUT2D eigenvalue weighted by molar-refractivity contribution is 7.15. The molecule has 0 saturated heterocycles. The predicted molar refractivity (Wildman–Crippen MR) is 121 cm³/mol. The molecule has 0 aliphatic rings. The molecule has 0 radical (unpaired) electrons. The molecule has 1 aromatic heterocycles. The van der Waals surface area contributed by atoms with E-state index in [1.54, 1.807) is 36.4 Å². The molecule has 0 saturated carbocycles. The third-order valence-electron chi connectivity index (χ3n) is 4.35. The Morgan fingerprint density at radius 3 is 2.76 bits per heavy atom. The number of hydrogen-bond acceptors (Lipinski definition) is 5. The zero-order valence-corrected chi connectivity index (χ0v) is 18.0. The van der Waals surface area contributed by atoms with Crippen LogP contribution in [0.5, 0.6) is 5.75 Å². The summed E-state index contributed by atoms with van der Waals surface area (Å²) in [5.41, 5.74) is 0.147. The molecule has 0 unspecified atom stereocenters. The number of rotatable bonds is 8. The molecule has 0 fully saturated rings. The summed E-state index contributed by atoms with van der Waals surface area (Å²) in [7, 11) is 0. The fourth-order valence-electron chi connectivity index (χ4n) is 2.85. The highest BCUT2D eigenvalue weighted by Gasteiger charge is 2.30. The fraction of sp³-hybridized carbons (Fsp3) is 0.125. The van der Waals surface area contributed by atoms with Gasteiger partial charge in [-0.25, -0.2) is 4.98 Å². The maximum Gasteiger partial charge on any atom is 0.416 e. The smallest absolute Gasteiger partial charge is 0.416 e. The highest BCUT2D eigenvalue weighted by Crippen LogP contribution is 2.30. The lowest BCUT2D eigenvalue weighted by molar-refractivity contribution is -0.137. The number of benzene rings is 2. The quantitative estimate of drug-likeness (QED) is 0.255. The van der Waals surface area contributed by atoms with E-state index in [1.807, 2.05) is 6.07 Å². The van der Waals surface area contributed by atoms with E-state index in [4.69, 9.17) is 4.74 Å². The number of nitrogens with zero attached hydrogens (tertiary/aromatic N) is 2. The van der Waals surface area contributed by atoms with E-state index < -0.39 is 17.6 Å². The second-order valence-corrected chi connectivity index (χ2v) is 7.88. The van der Waals surface area contributed by atoms with Crippen LogP contribution in [0.2, 0.25) is 0 Å². The van der Waals surface area contributed by atoms with Crippen molar-refractivity contribution in [1.29, 1.82) is 5.26 Å². The third-order valence-corrected chi connectivity index (χ3v) is 5.26. The molecule has 1 amide bonds. The number of aromatic nitrogens is 1. The molecule has 0 aliphatic heterocycles. The minimum Gasteiger partial charge on any atom is -0.489 e. The molecule has 168 valence electrons. The van der Waals surface area contributed by atoms with Crippen LogP contribution in [0.15, 0.2) is 73.0 Å². The topological polar surface area (TPSA) is 75.0 Å². The lowest BCUT2D eigenvalue weighted by atomic mass is 10.1. The first-order valence-corrected chi connectivity index (χ1v) is 10.5. The van der Waals surface area contributed by atoms with Gasteiger partial charge in [-0.15, -0.1) is 11.3 Å². The summed E-state index contributed by atoms with van der Waals surface area (Å²) in [6.07, 6.45) is 0.280. The molecule has 1 N–H and O–H groups in total. The number of anilines is 1. The fourth-order valence-corrected chi connectivity index (χ4v) is 3.70. The summed E-state index contributed by atoms with van der Waals surface area (Å²) in [5, 5.41) is 12.2. The number of halogens is 3. The van der Waals surface area contributed by atoms with Gasteiger partial charge in [0.1, 0.15) is 24.0 Å². The number of para-hydroxylation sites is 1. The summed E-state index contributed by atoms with van der Waals surface area (Å²) in [6, 6.07) is 13.8.